The molecule has 4 heterocycles. The summed E-state index contributed by atoms with van der Waals surface area (Å²) in [5, 5.41) is 1.51. The van der Waals surface area contributed by atoms with Crippen molar-refractivity contribution in [3.05, 3.63) is 76.0 Å². The summed E-state index contributed by atoms with van der Waals surface area (Å²) in [5.74, 6) is 0.233. The van der Waals surface area contributed by atoms with E-state index < -0.39 is 12.1 Å². The lowest BCUT2D eigenvalue weighted by Gasteiger charge is -2.44. The number of amides is 1. The van der Waals surface area contributed by atoms with Gasteiger partial charge in [-0.05, 0) is 36.1 Å². The Balaban J connectivity index is 1.76. The molecule has 0 aliphatic carbocycles. The molecule has 0 bridgehead atoms. The molecule has 2 aliphatic rings. The average molecular weight is 441 g/mol. The van der Waals surface area contributed by atoms with Gasteiger partial charge in [-0.3, -0.25) is 23.5 Å². The van der Waals surface area contributed by atoms with Gasteiger partial charge < -0.3 is 4.90 Å². The third kappa shape index (κ3) is 2.56. The molecule has 2 aromatic carbocycles. The van der Waals surface area contributed by atoms with Crippen LogP contribution in [0.5, 0.6) is 0 Å². The molecule has 7 nitrogen and oxygen atoms in total. The highest BCUT2D eigenvalue weighted by molar-refractivity contribution is 5.96. The molecular weight excluding hydrogens is 416 g/mol. The van der Waals surface area contributed by atoms with E-state index in [0.717, 1.165) is 22.2 Å². The first-order chi connectivity index (χ1) is 15.9. The molecule has 1 amide bonds. The van der Waals surface area contributed by atoms with Gasteiger partial charge >= 0.3 is 0 Å². The van der Waals surface area contributed by atoms with Gasteiger partial charge in [-0.15, -0.1) is 0 Å². The van der Waals surface area contributed by atoms with E-state index >= 15 is 0 Å². The second kappa shape index (κ2) is 6.88. The lowest BCUT2D eigenvalue weighted by Crippen LogP contribution is -2.54. The molecule has 0 radical (unpaired) electrons. The molecule has 2 atom stereocenters. The van der Waals surface area contributed by atoms with Crippen LogP contribution < -0.4 is 5.56 Å². The SMILES string of the molecule is CC(=O)n1c2c(c3ccccc31)CCN1C(=O)[C@H](C(C)C)n3c(nc4ccccc4c3=O)[C@@H]21. The molecule has 0 saturated carbocycles. The van der Waals surface area contributed by atoms with Gasteiger partial charge in [0.15, 0.2) is 0 Å². The zero-order valence-corrected chi connectivity index (χ0v) is 18.8. The van der Waals surface area contributed by atoms with E-state index in [9.17, 15) is 14.4 Å². The van der Waals surface area contributed by atoms with Gasteiger partial charge in [0.2, 0.25) is 11.8 Å². The van der Waals surface area contributed by atoms with E-state index in [2.05, 4.69) is 0 Å². The number of fused-ring (bicyclic) bond motifs is 8. The molecule has 33 heavy (non-hydrogen) atoms. The largest absolute Gasteiger partial charge is 0.325 e. The normalized spacial score (nSPS) is 19.6. The monoisotopic (exact) mass is 440 g/mol. The van der Waals surface area contributed by atoms with E-state index in [1.54, 1.807) is 15.2 Å². The summed E-state index contributed by atoms with van der Waals surface area (Å²) in [4.78, 5) is 47.1. The first kappa shape index (κ1) is 19.9. The van der Waals surface area contributed by atoms with E-state index in [4.69, 9.17) is 4.98 Å². The zero-order valence-electron chi connectivity index (χ0n) is 18.8. The Morgan fingerprint density at radius 1 is 1.03 bits per heavy atom. The van der Waals surface area contributed by atoms with Gasteiger partial charge in [-0.2, -0.15) is 0 Å². The molecule has 166 valence electrons. The summed E-state index contributed by atoms with van der Waals surface area (Å²) < 4.78 is 3.30. The van der Waals surface area contributed by atoms with Crippen LogP contribution in [0, 0.1) is 5.92 Å². The first-order valence-corrected chi connectivity index (χ1v) is 11.3. The maximum atomic E-state index is 13.8. The van der Waals surface area contributed by atoms with Crippen molar-refractivity contribution in [1.82, 2.24) is 19.0 Å². The van der Waals surface area contributed by atoms with Gasteiger partial charge in [0, 0.05) is 18.9 Å². The number of hydrogen-bond acceptors (Lipinski definition) is 4. The van der Waals surface area contributed by atoms with Crippen molar-refractivity contribution >= 4 is 33.6 Å². The van der Waals surface area contributed by atoms with Gasteiger partial charge in [0.05, 0.1) is 22.1 Å². The van der Waals surface area contributed by atoms with Gasteiger partial charge in [-0.1, -0.05) is 44.2 Å². The number of carbonyl (C=O) groups is 2. The Kier molecular flexibility index (Phi) is 4.15. The highest BCUT2D eigenvalue weighted by atomic mass is 16.2. The van der Waals surface area contributed by atoms with Crippen LogP contribution in [-0.4, -0.2) is 37.4 Å². The number of carbonyl (C=O) groups excluding carboxylic acids is 2. The van der Waals surface area contributed by atoms with Crippen molar-refractivity contribution in [2.24, 2.45) is 5.92 Å². The molecule has 0 saturated heterocycles. The van der Waals surface area contributed by atoms with Gasteiger partial charge in [0.1, 0.15) is 17.9 Å². The van der Waals surface area contributed by atoms with E-state index in [1.165, 1.54) is 6.92 Å². The van der Waals surface area contributed by atoms with Crippen LogP contribution in [0.4, 0.5) is 0 Å². The van der Waals surface area contributed by atoms with Crippen molar-refractivity contribution in [1.29, 1.82) is 0 Å². The predicted molar refractivity (Wildman–Crippen MR) is 125 cm³/mol. The standard InChI is InChI=1S/C26H24N4O3/c1-14(2)21-26(33)28-13-12-17-16-8-5-7-11-20(16)29(15(3)31)22(17)23(28)24-27-19-10-6-4-9-18(19)25(32)30(21)24/h4-11,14,21,23H,12-13H2,1-3H3/t21-,23+/m0/s1. The molecule has 6 rings (SSSR count). The first-order valence-electron chi connectivity index (χ1n) is 11.3. The highest BCUT2D eigenvalue weighted by Crippen LogP contribution is 2.44. The van der Waals surface area contributed by atoms with Crippen molar-refractivity contribution in [3.8, 4) is 0 Å². The zero-order chi connectivity index (χ0) is 23.0. The summed E-state index contributed by atoms with van der Waals surface area (Å²) in [5.41, 5.74) is 3.02. The molecule has 0 N–H and O–H groups in total. The second-order valence-corrected chi connectivity index (χ2v) is 9.27. The molecule has 7 heteroatoms. The fourth-order valence-corrected chi connectivity index (χ4v) is 5.71. The topological polar surface area (TPSA) is 77.2 Å². The Morgan fingerprint density at radius 3 is 2.45 bits per heavy atom. The van der Waals surface area contributed by atoms with Gasteiger partial charge in [0.25, 0.3) is 5.56 Å². The summed E-state index contributed by atoms with van der Waals surface area (Å²) in [6, 6.07) is 13.9. The number of aromatic nitrogens is 3. The highest BCUT2D eigenvalue weighted by Gasteiger charge is 2.47. The minimum absolute atomic E-state index is 0.0853. The fraction of sp³-hybridized carbons (Fsp3) is 0.308. The van der Waals surface area contributed by atoms with E-state index in [-0.39, 0.29) is 23.3 Å². The maximum absolute atomic E-state index is 13.8. The predicted octanol–water partition coefficient (Wildman–Crippen LogP) is 3.70. The number of benzene rings is 2. The molecule has 0 spiro atoms. The molecule has 0 fully saturated rings. The third-order valence-corrected chi connectivity index (χ3v) is 7.03. The van der Waals surface area contributed by atoms with Crippen molar-refractivity contribution < 1.29 is 9.59 Å². The quantitative estimate of drug-likeness (QED) is 0.452. The van der Waals surface area contributed by atoms with Crippen LogP contribution in [-0.2, 0) is 11.2 Å². The summed E-state index contributed by atoms with van der Waals surface area (Å²) in [7, 11) is 0. The number of nitrogens with zero attached hydrogens (tertiary/aromatic N) is 4. The molecular formula is C26H24N4O3. The minimum atomic E-state index is -0.627. The summed E-state index contributed by atoms with van der Waals surface area (Å²) in [6.07, 6.45) is 0.654. The van der Waals surface area contributed by atoms with Crippen LogP contribution in [0.15, 0.2) is 53.3 Å². The second-order valence-electron chi connectivity index (χ2n) is 9.27. The molecule has 2 aliphatic heterocycles. The van der Waals surface area contributed by atoms with Gasteiger partial charge in [-0.25, -0.2) is 4.98 Å². The van der Waals surface area contributed by atoms with Crippen LogP contribution >= 0.6 is 0 Å². The Hall–Kier alpha value is -3.74. The van der Waals surface area contributed by atoms with Crippen LogP contribution in [0.2, 0.25) is 0 Å². The maximum Gasteiger partial charge on any atom is 0.262 e. The van der Waals surface area contributed by atoms with Crippen molar-refractivity contribution in [2.45, 2.75) is 39.3 Å². The third-order valence-electron chi connectivity index (χ3n) is 7.03. The molecule has 0 unspecified atom stereocenters. The lowest BCUT2D eigenvalue weighted by molar-refractivity contribution is -0.141. The van der Waals surface area contributed by atoms with E-state index in [0.29, 0.717) is 29.7 Å². The number of para-hydroxylation sites is 2. The average Bonchev–Trinajstić information content (AvgIpc) is 3.14. The Bertz CT molecular complexity index is 1540. The van der Waals surface area contributed by atoms with Crippen molar-refractivity contribution in [3.63, 3.8) is 0 Å². The Labute approximate surface area is 190 Å². The minimum Gasteiger partial charge on any atom is -0.325 e. The molecule has 2 aromatic heterocycles. The molecule has 4 aromatic rings. The summed E-state index contributed by atoms with van der Waals surface area (Å²) in [6.45, 7) is 5.97. The smallest absolute Gasteiger partial charge is 0.262 e. The van der Waals surface area contributed by atoms with Crippen LogP contribution in [0.25, 0.3) is 21.8 Å². The lowest BCUT2D eigenvalue weighted by atomic mass is 9.90. The van der Waals surface area contributed by atoms with Crippen molar-refractivity contribution in [2.75, 3.05) is 6.54 Å². The van der Waals surface area contributed by atoms with Crippen LogP contribution in [0.3, 0.4) is 0 Å². The van der Waals surface area contributed by atoms with E-state index in [1.807, 2.05) is 61.2 Å². The van der Waals surface area contributed by atoms with Crippen LogP contribution in [0.1, 0.15) is 54.7 Å². The number of hydrogen-bond donors (Lipinski definition) is 0. The Morgan fingerprint density at radius 2 is 1.73 bits per heavy atom. The fourth-order valence-electron chi connectivity index (χ4n) is 5.71. The number of rotatable bonds is 1. The summed E-state index contributed by atoms with van der Waals surface area (Å²) >= 11 is 0.